The third kappa shape index (κ3) is 4.87. The molecular weight excluding hydrogens is 334 g/mol. The molecule has 0 aliphatic carbocycles. The van der Waals surface area contributed by atoms with E-state index in [9.17, 15) is 0 Å². The van der Waals surface area contributed by atoms with Crippen LogP contribution in [-0.4, -0.2) is 31.5 Å². The van der Waals surface area contributed by atoms with E-state index in [1.807, 2.05) is 6.07 Å². The third-order valence-corrected chi connectivity index (χ3v) is 4.17. The number of aliphatic hydroxyl groups is 1. The second-order valence-corrected chi connectivity index (χ2v) is 7.05. The van der Waals surface area contributed by atoms with Crippen molar-refractivity contribution in [2.24, 2.45) is 5.41 Å². The van der Waals surface area contributed by atoms with E-state index < -0.39 is 0 Å². The van der Waals surface area contributed by atoms with Crippen LogP contribution in [0.15, 0.2) is 16.6 Å². The Kier molecular flexibility index (Phi) is 5.90. The topological polar surface area (TPSA) is 50.7 Å². The number of hydrogen-bond acceptors (Lipinski definition) is 4. The fraction of sp³-hybridized carbons (Fsp3) is 0.625. The minimum absolute atomic E-state index is 0.0945. The molecule has 0 saturated heterocycles. The zero-order valence-electron chi connectivity index (χ0n) is 12.7. The zero-order chi connectivity index (χ0) is 15.3. The van der Waals surface area contributed by atoms with Gasteiger partial charge < -0.3 is 19.9 Å². The predicted octanol–water partition coefficient (Wildman–Crippen LogP) is 3.11. The molecule has 0 saturated carbocycles. The molecule has 21 heavy (non-hydrogen) atoms. The highest BCUT2D eigenvalue weighted by molar-refractivity contribution is 9.10. The van der Waals surface area contributed by atoms with E-state index in [0.717, 1.165) is 47.5 Å². The van der Waals surface area contributed by atoms with E-state index in [1.54, 1.807) is 0 Å². The largest absolute Gasteiger partial charge is 0.490 e. The summed E-state index contributed by atoms with van der Waals surface area (Å²) in [6.07, 6.45) is 1.70. The summed E-state index contributed by atoms with van der Waals surface area (Å²) in [6.45, 7) is 7.55. The van der Waals surface area contributed by atoms with Crippen molar-refractivity contribution in [3.05, 3.63) is 22.2 Å². The zero-order valence-corrected chi connectivity index (χ0v) is 14.3. The molecule has 1 aliphatic heterocycles. The van der Waals surface area contributed by atoms with Crippen LogP contribution in [0.2, 0.25) is 0 Å². The summed E-state index contributed by atoms with van der Waals surface area (Å²) in [7, 11) is 0. The molecule has 0 bridgehead atoms. The minimum Gasteiger partial charge on any atom is -0.490 e. The van der Waals surface area contributed by atoms with E-state index in [1.165, 1.54) is 0 Å². The number of hydrogen-bond donors (Lipinski definition) is 2. The van der Waals surface area contributed by atoms with Gasteiger partial charge in [0, 0.05) is 26.1 Å². The molecule has 0 atom stereocenters. The van der Waals surface area contributed by atoms with E-state index in [0.29, 0.717) is 13.2 Å². The summed E-state index contributed by atoms with van der Waals surface area (Å²) in [4.78, 5) is 0. The molecule has 1 aromatic carbocycles. The number of halogens is 1. The molecule has 0 spiro atoms. The van der Waals surface area contributed by atoms with Crippen molar-refractivity contribution in [3.8, 4) is 11.5 Å². The van der Waals surface area contributed by atoms with Gasteiger partial charge in [0.05, 0.1) is 17.7 Å². The van der Waals surface area contributed by atoms with Crippen LogP contribution >= 0.6 is 15.9 Å². The van der Waals surface area contributed by atoms with E-state index in [4.69, 9.17) is 14.6 Å². The first kappa shape index (κ1) is 16.6. The van der Waals surface area contributed by atoms with E-state index >= 15 is 0 Å². The molecule has 0 unspecified atom stereocenters. The molecule has 0 amide bonds. The summed E-state index contributed by atoms with van der Waals surface area (Å²) >= 11 is 3.56. The molecule has 0 radical (unpaired) electrons. The average molecular weight is 358 g/mol. The second kappa shape index (κ2) is 7.47. The summed E-state index contributed by atoms with van der Waals surface area (Å²) in [5, 5.41) is 12.5. The van der Waals surface area contributed by atoms with Gasteiger partial charge in [-0.15, -0.1) is 0 Å². The highest BCUT2D eigenvalue weighted by Gasteiger charge is 2.18. The molecule has 0 aromatic heterocycles. The van der Waals surface area contributed by atoms with Crippen LogP contribution in [-0.2, 0) is 6.54 Å². The highest BCUT2D eigenvalue weighted by atomic mass is 79.9. The fourth-order valence-corrected chi connectivity index (χ4v) is 2.93. The van der Waals surface area contributed by atoms with Gasteiger partial charge in [-0.05, 0) is 45.5 Å². The van der Waals surface area contributed by atoms with E-state index in [-0.39, 0.29) is 12.0 Å². The summed E-state index contributed by atoms with van der Waals surface area (Å²) in [6, 6.07) is 4.11. The Labute approximate surface area is 135 Å². The third-order valence-electron chi connectivity index (χ3n) is 3.58. The molecule has 1 aliphatic rings. The Balaban J connectivity index is 1.98. The molecule has 118 valence electrons. The first-order chi connectivity index (χ1) is 10.0. The van der Waals surface area contributed by atoms with Crippen molar-refractivity contribution in [2.45, 2.75) is 33.2 Å². The van der Waals surface area contributed by atoms with Crippen LogP contribution in [0.1, 0.15) is 32.3 Å². The maximum Gasteiger partial charge on any atom is 0.175 e. The van der Waals surface area contributed by atoms with Crippen molar-refractivity contribution in [1.29, 1.82) is 0 Å². The number of nitrogens with one attached hydrogen (secondary N) is 1. The van der Waals surface area contributed by atoms with Gasteiger partial charge in [-0.3, -0.25) is 0 Å². The summed E-state index contributed by atoms with van der Waals surface area (Å²) < 4.78 is 12.4. The molecule has 2 N–H and O–H groups in total. The van der Waals surface area contributed by atoms with Crippen molar-refractivity contribution < 1.29 is 14.6 Å². The molecule has 0 fully saturated rings. The van der Waals surface area contributed by atoms with Gasteiger partial charge in [0.1, 0.15) is 0 Å². The van der Waals surface area contributed by atoms with Crippen LogP contribution in [0.5, 0.6) is 11.5 Å². The van der Waals surface area contributed by atoms with Gasteiger partial charge in [0.15, 0.2) is 11.5 Å². The Morgan fingerprint density at radius 3 is 2.81 bits per heavy atom. The molecule has 2 rings (SSSR count). The van der Waals surface area contributed by atoms with Gasteiger partial charge in [-0.25, -0.2) is 0 Å². The van der Waals surface area contributed by atoms with Gasteiger partial charge >= 0.3 is 0 Å². The maximum atomic E-state index is 9.05. The molecule has 1 aromatic rings. The lowest BCUT2D eigenvalue weighted by atomic mass is 9.90. The number of rotatable bonds is 6. The van der Waals surface area contributed by atoms with Crippen LogP contribution in [0.4, 0.5) is 0 Å². The van der Waals surface area contributed by atoms with Crippen LogP contribution < -0.4 is 14.8 Å². The second-order valence-electron chi connectivity index (χ2n) is 6.20. The highest BCUT2D eigenvalue weighted by Crippen LogP contribution is 2.38. The minimum atomic E-state index is 0.0945. The normalized spacial score (nSPS) is 14.9. The van der Waals surface area contributed by atoms with Gasteiger partial charge in [-0.1, -0.05) is 13.8 Å². The first-order valence-electron chi connectivity index (χ1n) is 7.41. The van der Waals surface area contributed by atoms with Gasteiger partial charge in [0.25, 0.3) is 0 Å². The van der Waals surface area contributed by atoms with Crippen LogP contribution in [0, 0.1) is 5.41 Å². The van der Waals surface area contributed by atoms with Crippen LogP contribution in [0.3, 0.4) is 0 Å². The lowest BCUT2D eigenvalue weighted by Gasteiger charge is -2.24. The Hall–Kier alpha value is -0.780. The molecule has 4 nitrogen and oxygen atoms in total. The average Bonchev–Trinajstić information content (AvgIpc) is 2.64. The predicted molar refractivity (Wildman–Crippen MR) is 86.9 cm³/mol. The van der Waals surface area contributed by atoms with Crippen molar-refractivity contribution in [2.75, 3.05) is 26.4 Å². The van der Waals surface area contributed by atoms with Crippen molar-refractivity contribution in [3.63, 3.8) is 0 Å². The van der Waals surface area contributed by atoms with Crippen molar-refractivity contribution >= 4 is 15.9 Å². The molecule has 1 heterocycles. The van der Waals surface area contributed by atoms with Crippen LogP contribution in [0.25, 0.3) is 0 Å². The number of fused-ring (bicyclic) bond motifs is 1. The number of aliphatic hydroxyl groups excluding tert-OH is 1. The first-order valence-corrected chi connectivity index (χ1v) is 8.21. The Bertz CT molecular complexity index is 477. The van der Waals surface area contributed by atoms with Crippen molar-refractivity contribution in [1.82, 2.24) is 5.32 Å². The Morgan fingerprint density at radius 2 is 2.05 bits per heavy atom. The Morgan fingerprint density at radius 1 is 1.29 bits per heavy atom. The number of ether oxygens (including phenoxy) is 2. The monoisotopic (exact) mass is 357 g/mol. The number of benzene rings is 1. The lowest BCUT2D eigenvalue weighted by Crippen LogP contribution is -2.29. The standard InChI is InChI=1S/C16H24BrNO3/c1-16(2,4-5-19)11-18-10-12-8-13(17)15-14(9-12)20-6-3-7-21-15/h8-9,18-19H,3-7,10-11H2,1-2H3. The van der Waals surface area contributed by atoms with Gasteiger partial charge in [0.2, 0.25) is 0 Å². The summed E-state index contributed by atoms with van der Waals surface area (Å²) in [5.41, 5.74) is 1.25. The fourth-order valence-electron chi connectivity index (χ4n) is 2.32. The lowest BCUT2D eigenvalue weighted by molar-refractivity contribution is 0.207. The summed E-state index contributed by atoms with van der Waals surface area (Å²) in [5.74, 6) is 1.62. The molecule has 5 heteroatoms. The van der Waals surface area contributed by atoms with E-state index in [2.05, 4.69) is 41.2 Å². The SMILES string of the molecule is CC(C)(CCO)CNCc1cc(Br)c2c(c1)OCCCO2. The smallest absolute Gasteiger partial charge is 0.175 e. The van der Waals surface area contributed by atoms with Gasteiger partial charge in [-0.2, -0.15) is 0 Å². The molecular formula is C16H24BrNO3. The maximum absolute atomic E-state index is 9.05. The quantitative estimate of drug-likeness (QED) is 0.821.